The molecule has 126 valence electrons. The number of rotatable bonds is 5. The van der Waals surface area contributed by atoms with Gasteiger partial charge in [-0.25, -0.2) is 0 Å². The minimum absolute atomic E-state index is 0.0678. The van der Waals surface area contributed by atoms with Crippen LogP contribution in [0.15, 0.2) is 34.9 Å². The van der Waals surface area contributed by atoms with E-state index < -0.39 is 0 Å². The van der Waals surface area contributed by atoms with Crippen LogP contribution in [0.5, 0.6) is 0 Å². The second-order valence-electron chi connectivity index (χ2n) is 5.80. The van der Waals surface area contributed by atoms with E-state index in [1.54, 1.807) is 37.3 Å². The Hall–Kier alpha value is -2.83. The van der Waals surface area contributed by atoms with Crippen LogP contribution in [0.3, 0.4) is 0 Å². The maximum absolute atomic E-state index is 12.3. The Morgan fingerprint density at radius 2 is 1.92 bits per heavy atom. The Labute approximate surface area is 140 Å². The summed E-state index contributed by atoms with van der Waals surface area (Å²) >= 11 is 0. The van der Waals surface area contributed by atoms with Gasteiger partial charge in [0.25, 0.3) is 5.91 Å². The largest absolute Gasteiger partial charge is 0.376 e. The molecule has 0 unspecified atom stereocenters. The molecule has 1 aliphatic heterocycles. The van der Waals surface area contributed by atoms with E-state index in [-0.39, 0.29) is 18.4 Å². The van der Waals surface area contributed by atoms with Gasteiger partial charge in [0.05, 0.1) is 6.54 Å². The van der Waals surface area contributed by atoms with E-state index in [0.29, 0.717) is 17.1 Å². The van der Waals surface area contributed by atoms with Gasteiger partial charge in [-0.2, -0.15) is 0 Å². The van der Waals surface area contributed by atoms with Crippen molar-refractivity contribution >= 4 is 23.3 Å². The summed E-state index contributed by atoms with van der Waals surface area (Å²) in [5.41, 5.74) is 1.45. The minimum Gasteiger partial charge on any atom is -0.376 e. The molecule has 7 heteroatoms. The number of carbonyl (C=O) groups excluding carboxylic acids is 2. The van der Waals surface area contributed by atoms with Gasteiger partial charge < -0.3 is 20.1 Å². The Balaban J connectivity index is 1.50. The van der Waals surface area contributed by atoms with E-state index in [9.17, 15) is 9.59 Å². The quantitative estimate of drug-likeness (QED) is 0.879. The molecule has 1 fully saturated rings. The molecule has 0 radical (unpaired) electrons. The fourth-order valence-electron chi connectivity index (χ4n) is 2.63. The zero-order chi connectivity index (χ0) is 16.9. The summed E-state index contributed by atoms with van der Waals surface area (Å²) in [6.45, 7) is 3.53. The number of carbonyl (C=O) groups is 2. The van der Waals surface area contributed by atoms with Gasteiger partial charge in [0.15, 0.2) is 5.82 Å². The number of anilines is 2. The molecular formula is C17H20N4O3. The molecule has 7 nitrogen and oxygen atoms in total. The molecule has 0 atom stereocenters. The predicted octanol–water partition coefficient (Wildman–Crippen LogP) is 2.27. The molecule has 0 aliphatic carbocycles. The standard InChI is InChI=1S/C17H20N4O3/c1-12-10-15(20-24-12)19-16(22)11-18-14-6-4-13(5-7-14)17(23)21-8-2-3-9-21/h4-7,10,18H,2-3,8-9,11H2,1H3,(H,19,20,22). The molecule has 1 aliphatic rings. The van der Waals surface area contributed by atoms with E-state index in [0.717, 1.165) is 31.6 Å². The Morgan fingerprint density at radius 3 is 2.54 bits per heavy atom. The number of aryl methyl sites for hydroxylation is 1. The molecule has 2 heterocycles. The molecule has 24 heavy (non-hydrogen) atoms. The second-order valence-corrected chi connectivity index (χ2v) is 5.80. The first kappa shape index (κ1) is 16.0. The highest BCUT2D eigenvalue weighted by atomic mass is 16.5. The summed E-state index contributed by atoms with van der Waals surface area (Å²) < 4.78 is 4.88. The third kappa shape index (κ3) is 3.92. The molecule has 1 saturated heterocycles. The molecule has 0 saturated carbocycles. The number of nitrogens with zero attached hydrogens (tertiary/aromatic N) is 2. The maximum Gasteiger partial charge on any atom is 0.253 e. The first-order valence-corrected chi connectivity index (χ1v) is 7.98. The number of amides is 2. The third-order valence-corrected chi connectivity index (χ3v) is 3.87. The lowest BCUT2D eigenvalue weighted by atomic mass is 10.2. The van der Waals surface area contributed by atoms with Crippen LogP contribution in [0, 0.1) is 6.92 Å². The molecular weight excluding hydrogens is 308 g/mol. The number of hydrogen-bond donors (Lipinski definition) is 2. The highest BCUT2D eigenvalue weighted by molar-refractivity contribution is 5.95. The Bertz CT molecular complexity index is 718. The van der Waals surface area contributed by atoms with Crippen molar-refractivity contribution in [3.05, 3.63) is 41.7 Å². The van der Waals surface area contributed by atoms with E-state index in [1.807, 2.05) is 4.90 Å². The molecule has 0 bridgehead atoms. The molecule has 2 N–H and O–H groups in total. The van der Waals surface area contributed by atoms with Crippen LogP contribution in [0.4, 0.5) is 11.5 Å². The average Bonchev–Trinajstić information content (AvgIpc) is 3.25. The van der Waals surface area contributed by atoms with Crippen LogP contribution in [-0.4, -0.2) is 41.5 Å². The van der Waals surface area contributed by atoms with Crippen molar-refractivity contribution < 1.29 is 14.1 Å². The number of nitrogens with one attached hydrogen (secondary N) is 2. The van der Waals surface area contributed by atoms with Crippen molar-refractivity contribution in [2.24, 2.45) is 0 Å². The average molecular weight is 328 g/mol. The first-order chi connectivity index (χ1) is 11.6. The number of aromatic nitrogens is 1. The van der Waals surface area contributed by atoms with E-state index in [2.05, 4.69) is 15.8 Å². The monoisotopic (exact) mass is 328 g/mol. The van der Waals surface area contributed by atoms with Crippen molar-refractivity contribution in [1.82, 2.24) is 10.1 Å². The topological polar surface area (TPSA) is 87.5 Å². The smallest absolute Gasteiger partial charge is 0.253 e. The summed E-state index contributed by atoms with van der Waals surface area (Å²) in [5, 5.41) is 9.35. The lowest BCUT2D eigenvalue weighted by molar-refractivity contribution is -0.114. The molecule has 3 rings (SSSR count). The van der Waals surface area contributed by atoms with Gasteiger partial charge >= 0.3 is 0 Å². The van der Waals surface area contributed by atoms with Gasteiger partial charge in [-0.15, -0.1) is 0 Å². The normalized spacial score (nSPS) is 13.8. The van der Waals surface area contributed by atoms with Crippen LogP contribution in [0.1, 0.15) is 29.0 Å². The van der Waals surface area contributed by atoms with Crippen LogP contribution in [0.2, 0.25) is 0 Å². The predicted molar refractivity (Wildman–Crippen MR) is 89.9 cm³/mol. The molecule has 2 amide bonds. The van der Waals surface area contributed by atoms with Crippen LogP contribution >= 0.6 is 0 Å². The fourth-order valence-corrected chi connectivity index (χ4v) is 2.63. The Kier molecular flexibility index (Phi) is 4.79. The number of hydrogen-bond acceptors (Lipinski definition) is 5. The summed E-state index contributed by atoms with van der Waals surface area (Å²) in [6.07, 6.45) is 2.15. The zero-order valence-electron chi connectivity index (χ0n) is 13.5. The van der Waals surface area contributed by atoms with Crippen LogP contribution in [0.25, 0.3) is 0 Å². The van der Waals surface area contributed by atoms with Crippen molar-refractivity contribution in [1.29, 1.82) is 0 Å². The number of benzene rings is 1. The molecule has 2 aromatic rings. The molecule has 1 aromatic heterocycles. The third-order valence-electron chi connectivity index (χ3n) is 3.87. The van der Waals surface area contributed by atoms with Gasteiger partial charge in [-0.3, -0.25) is 9.59 Å². The van der Waals surface area contributed by atoms with Gasteiger partial charge in [-0.1, -0.05) is 5.16 Å². The van der Waals surface area contributed by atoms with Gasteiger partial charge in [-0.05, 0) is 44.0 Å². The maximum atomic E-state index is 12.3. The van der Waals surface area contributed by atoms with E-state index >= 15 is 0 Å². The summed E-state index contributed by atoms with van der Waals surface area (Å²) in [4.78, 5) is 26.0. The zero-order valence-corrected chi connectivity index (χ0v) is 13.5. The second kappa shape index (κ2) is 7.16. The van der Waals surface area contributed by atoms with Crippen molar-refractivity contribution in [3.8, 4) is 0 Å². The highest BCUT2D eigenvalue weighted by Gasteiger charge is 2.19. The van der Waals surface area contributed by atoms with Crippen molar-refractivity contribution in [2.75, 3.05) is 30.3 Å². The molecule has 0 spiro atoms. The van der Waals surface area contributed by atoms with Gasteiger partial charge in [0.1, 0.15) is 5.76 Å². The number of likely N-dealkylation sites (tertiary alicyclic amines) is 1. The minimum atomic E-state index is -0.222. The van der Waals surface area contributed by atoms with Crippen LogP contribution < -0.4 is 10.6 Å². The SMILES string of the molecule is Cc1cc(NC(=O)CNc2ccc(C(=O)N3CCCC3)cc2)no1. The summed E-state index contributed by atoms with van der Waals surface area (Å²) in [7, 11) is 0. The van der Waals surface area contributed by atoms with Crippen molar-refractivity contribution in [2.45, 2.75) is 19.8 Å². The van der Waals surface area contributed by atoms with Crippen LogP contribution in [-0.2, 0) is 4.79 Å². The summed E-state index contributed by atoms with van der Waals surface area (Å²) in [6, 6.07) is 8.81. The summed E-state index contributed by atoms with van der Waals surface area (Å²) in [5.74, 6) is 0.876. The van der Waals surface area contributed by atoms with Gasteiger partial charge in [0.2, 0.25) is 5.91 Å². The highest BCUT2D eigenvalue weighted by Crippen LogP contribution is 2.15. The molecule has 1 aromatic carbocycles. The van der Waals surface area contributed by atoms with E-state index in [1.165, 1.54) is 0 Å². The van der Waals surface area contributed by atoms with Crippen molar-refractivity contribution in [3.63, 3.8) is 0 Å². The van der Waals surface area contributed by atoms with E-state index in [4.69, 9.17) is 4.52 Å². The lowest BCUT2D eigenvalue weighted by Gasteiger charge is -2.15. The lowest BCUT2D eigenvalue weighted by Crippen LogP contribution is -2.27. The van der Waals surface area contributed by atoms with Gasteiger partial charge in [0, 0.05) is 30.4 Å². The first-order valence-electron chi connectivity index (χ1n) is 7.98. The fraction of sp³-hybridized carbons (Fsp3) is 0.353. The Morgan fingerprint density at radius 1 is 1.21 bits per heavy atom.